The second-order valence-corrected chi connectivity index (χ2v) is 11.0. The summed E-state index contributed by atoms with van der Waals surface area (Å²) in [6.07, 6.45) is 27.4. The van der Waals surface area contributed by atoms with E-state index in [-0.39, 0.29) is 23.7 Å². The third-order valence-corrected chi connectivity index (χ3v) is 6.07. The van der Waals surface area contributed by atoms with E-state index in [1.807, 2.05) is 61.6 Å². The van der Waals surface area contributed by atoms with Crippen LogP contribution in [-0.4, -0.2) is 68.9 Å². The van der Waals surface area contributed by atoms with Gasteiger partial charge in [0.05, 0.1) is 17.7 Å². The lowest BCUT2D eigenvalue weighted by Gasteiger charge is -2.20. The molecule has 56 heavy (non-hydrogen) atoms. The first kappa shape index (κ1) is 60.1. The van der Waals surface area contributed by atoms with Crippen LogP contribution >= 0.6 is 0 Å². The minimum absolute atomic E-state index is 0.132. The summed E-state index contributed by atoms with van der Waals surface area (Å²) in [5.41, 5.74) is 8.19. The van der Waals surface area contributed by atoms with Crippen molar-refractivity contribution in [2.45, 2.75) is 133 Å². The molecule has 0 unspecified atom stereocenters. The number of amidine groups is 1. The van der Waals surface area contributed by atoms with Crippen molar-refractivity contribution in [3.8, 4) is 18.9 Å². The number of hydrazone groups is 1. The predicted molar refractivity (Wildman–Crippen MR) is 238 cm³/mol. The molecule has 0 spiro atoms. The predicted octanol–water partition coefficient (Wildman–Crippen LogP) is 10.3. The van der Waals surface area contributed by atoms with Crippen LogP contribution in [0.4, 0.5) is 0 Å². The number of hydrogen-bond donors (Lipinski definition) is 5. The van der Waals surface area contributed by atoms with Crippen LogP contribution in [0.2, 0.25) is 0 Å². The van der Waals surface area contributed by atoms with Crippen molar-refractivity contribution in [2.24, 2.45) is 5.10 Å². The number of para-hydroxylation sites is 1. The van der Waals surface area contributed by atoms with Crippen LogP contribution < -0.4 is 15.7 Å². The van der Waals surface area contributed by atoms with Gasteiger partial charge in [-0.1, -0.05) is 96.7 Å². The molecule has 1 aromatic heterocycles. The van der Waals surface area contributed by atoms with Gasteiger partial charge in [0.25, 0.3) is 6.01 Å². The number of aliphatic hydroxyl groups excluding tert-OH is 1. The van der Waals surface area contributed by atoms with E-state index in [0.717, 1.165) is 37.1 Å². The number of carbonyl (C=O) groups excluding carboxylic acids is 1. The first-order chi connectivity index (χ1) is 26.8. The first-order valence-corrected chi connectivity index (χ1v) is 19.3. The number of hydrazine groups is 2. The molecule has 318 valence electrons. The Hall–Kier alpha value is -5.12. The average Bonchev–Trinajstić information content (AvgIpc) is 3.83. The molecule has 12 nitrogen and oxygen atoms in total. The Balaban J connectivity index is -0.000000192. The lowest BCUT2D eigenvalue weighted by atomic mass is 9.98. The number of imidazole rings is 1. The molecule has 2 aliphatic rings. The smallest absolute Gasteiger partial charge is 0.337 e. The van der Waals surface area contributed by atoms with E-state index in [1.54, 1.807) is 43.3 Å². The summed E-state index contributed by atoms with van der Waals surface area (Å²) >= 11 is 0. The van der Waals surface area contributed by atoms with E-state index in [0.29, 0.717) is 23.7 Å². The van der Waals surface area contributed by atoms with E-state index in [1.165, 1.54) is 32.3 Å². The van der Waals surface area contributed by atoms with Crippen LogP contribution in [0, 0.1) is 12.8 Å². The molecule has 2 aromatic rings. The fourth-order valence-corrected chi connectivity index (χ4v) is 3.91. The number of aliphatic hydroxyl groups is 1. The molecule has 1 saturated carbocycles. The zero-order chi connectivity index (χ0) is 44.3. The number of hydrogen-bond acceptors (Lipinski definition) is 10. The minimum Gasteiger partial charge on any atom is -0.478 e. The van der Waals surface area contributed by atoms with Crippen molar-refractivity contribution in [2.75, 3.05) is 13.7 Å². The number of rotatable bonds is 9. The Morgan fingerprint density at radius 3 is 1.96 bits per heavy atom. The molecule has 0 bridgehead atoms. The molecule has 0 radical (unpaired) electrons. The Kier molecular flexibility index (Phi) is 47.6. The number of terminal acetylenes is 1. The second-order valence-electron chi connectivity index (χ2n) is 11.0. The maximum atomic E-state index is 10.9. The third kappa shape index (κ3) is 35.9. The summed E-state index contributed by atoms with van der Waals surface area (Å²) in [5, 5.41) is 22.7. The number of nitrogens with one attached hydrogen (secondary N) is 3. The van der Waals surface area contributed by atoms with Gasteiger partial charge in [-0.15, -0.1) is 29.6 Å². The quantitative estimate of drug-likeness (QED) is 0.0716. The van der Waals surface area contributed by atoms with Gasteiger partial charge < -0.3 is 24.7 Å². The monoisotopic (exact) mass is 785 g/mol. The standard InChI is InChI=1S/C10H10N2O3.C8H14N4.C8H14O2.C5H10.C4H6.C3H8O.2C2H6.C2H2/c1-2-15-10-11-7-5-3-4-6(9(13)14)8(7)12-10;1-4-5-6-7(2)8-9-11-12(3)10-8;1-7(9)10-8-5-3-2-4-6-8;1-3-5-4-2;1-3-4-2;1-3(2)4;3*1-2/h3-5H,2H2,1H3,(H,11,12)(H,13,14);4,6,11H,1,5H2,2-3H3,(H,9,10);8H,2-6H2,1H3;3,5H,4H2,1-2H3;3-4H,1-2H2;3-4H,1-2H3;2*1-2H3;1-2H/b;7-6-;;5-3+;;;;;. The van der Waals surface area contributed by atoms with Gasteiger partial charge >= 0.3 is 11.9 Å². The first-order valence-electron chi connectivity index (χ1n) is 19.3. The van der Waals surface area contributed by atoms with Gasteiger partial charge in [-0.25, -0.2) is 10.3 Å². The van der Waals surface area contributed by atoms with E-state index in [2.05, 4.69) is 83.8 Å². The zero-order valence-electron chi connectivity index (χ0n) is 36.7. The highest BCUT2D eigenvalue weighted by Gasteiger charge is 2.15. The van der Waals surface area contributed by atoms with Gasteiger partial charge in [-0.05, 0) is 90.8 Å². The van der Waals surface area contributed by atoms with Gasteiger partial charge in [0.1, 0.15) is 11.6 Å². The van der Waals surface area contributed by atoms with Crippen LogP contribution in [0.5, 0.6) is 6.01 Å². The zero-order valence-corrected chi connectivity index (χ0v) is 36.7. The lowest BCUT2D eigenvalue weighted by molar-refractivity contribution is -0.147. The fraction of sp³-hybridized carbons (Fsp3) is 0.500. The van der Waals surface area contributed by atoms with Crippen LogP contribution in [0.15, 0.2) is 85.1 Å². The number of fused-ring (bicyclic) bond motifs is 1. The number of aromatic carboxylic acids is 1. The highest BCUT2D eigenvalue weighted by Crippen LogP contribution is 2.20. The van der Waals surface area contributed by atoms with Gasteiger partial charge in [0, 0.05) is 20.1 Å². The molecule has 2 heterocycles. The van der Waals surface area contributed by atoms with Gasteiger partial charge in [-0.3, -0.25) is 10.2 Å². The molecule has 1 fully saturated rings. The van der Waals surface area contributed by atoms with E-state index >= 15 is 0 Å². The van der Waals surface area contributed by atoms with Crippen molar-refractivity contribution >= 4 is 28.8 Å². The van der Waals surface area contributed by atoms with Crippen LogP contribution in [-0.2, 0) is 9.53 Å². The summed E-state index contributed by atoms with van der Waals surface area (Å²) in [7, 11) is 1.86. The molecule has 0 amide bonds. The molecule has 1 aromatic carbocycles. The molecule has 1 aliphatic heterocycles. The van der Waals surface area contributed by atoms with Crippen LogP contribution in [0.1, 0.15) is 131 Å². The number of carboxylic acids is 1. The summed E-state index contributed by atoms with van der Waals surface area (Å²) < 4.78 is 10.2. The minimum atomic E-state index is -0.991. The number of esters is 1. The molecule has 5 N–H and O–H groups in total. The van der Waals surface area contributed by atoms with E-state index in [4.69, 9.17) is 19.7 Å². The number of carboxylic acid groups (broad SMARTS) is 1. The third-order valence-electron chi connectivity index (χ3n) is 6.07. The largest absolute Gasteiger partial charge is 0.478 e. The maximum absolute atomic E-state index is 10.9. The van der Waals surface area contributed by atoms with Crippen molar-refractivity contribution < 1.29 is 29.3 Å². The van der Waals surface area contributed by atoms with E-state index < -0.39 is 5.97 Å². The SMILES string of the molecule is C#C.C/C=C/CC.C=CC/C=C(/C)C1=NNN(C)N1.C=CC=C.CC.CC.CC(=O)OC1CCCCC1.CC(C)O.CCOc1nc2c(C(=O)O)cccc2[nH]1. The summed E-state index contributed by atoms with van der Waals surface area (Å²) in [5.74, 6) is -0.263. The normalized spacial score (nSPS) is 12.5. The van der Waals surface area contributed by atoms with Crippen molar-refractivity contribution in [3.05, 3.63) is 85.5 Å². The van der Waals surface area contributed by atoms with Crippen molar-refractivity contribution in [1.29, 1.82) is 0 Å². The van der Waals surface area contributed by atoms with Crippen LogP contribution in [0.25, 0.3) is 11.0 Å². The topological polar surface area (TPSA) is 161 Å². The Morgan fingerprint density at radius 1 is 1.04 bits per heavy atom. The molecule has 1 aliphatic carbocycles. The number of nitrogens with zero attached hydrogens (tertiary/aromatic N) is 3. The van der Waals surface area contributed by atoms with E-state index in [9.17, 15) is 9.59 Å². The highest BCUT2D eigenvalue weighted by molar-refractivity contribution is 6.01. The van der Waals surface area contributed by atoms with Gasteiger partial charge in [0.2, 0.25) is 0 Å². The fourth-order valence-electron chi connectivity index (χ4n) is 3.91. The lowest BCUT2D eigenvalue weighted by Crippen LogP contribution is -2.37. The Morgan fingerprint density at radius 2 is 1.59 bits per heavy atom. The Labute approximate surface area is 339 Å². The van der Waals surface area contributed by atoms with Crippen molar-refractivity contribution in [1.82, 2.24) is 26.0 Å². The summed E-state index contributed by atoms with van der Waals surface area (Å²) in [4.78, 5) is 28.3. The maximum Gasteiger partial charge on any atom is 0.337 e. The molecule has 4 rings (SSSR count). The number of aromatic nitrogens is 2. The molecule has 0 saturated heterocycles. The number of carbonyl (C=O) groups is 2. The molecular weight excluding hydrogens is 709 g/mol. The summed E-state index contributed by atoms with van der Waals surface area (Å²) in [6, 6.07) is 5.29. The molecule has 0 atom stereocenters. The molecule has 12 heteroatoms. The summed E-state index contributed by atoms with van der Waals surface area (Å²) in [6.45, 7) is 31.8. The van der Waals surface area contributed by atoms with Gasteiger partial charge in [0.15, 0.2) is 5.84 Å². The number of aromatic amines is 1. The highest BCUT2D eigenvalue weighted by atomic mass is 16.5. The van der Waals surface area contributed by atoms with Crippen molar-refractivity contribution in [3.63, 3.8) is 0 Å². The van der Waals surface area contributed by atoms with Crippen LogP contribution in [0.3, 0.4) is 0 Å². The molecular formula is C44H76N6O6. The van der Waals surface area contributed by atoms with Gasteiger partial charge in [-0.2, -0.15) is 4.98 Å². The number of benzene rings is 1. The average molecular weight is 785 g/mol. The number of allylic oxidation sites excluding steroid dienone is 6. The number of ether oxygens (including phenoxy) is 2. The second kappa shape index (κ2) is 44.3. The Bertz CT molecular complexity index is 1380. The number of H-pyrrole nitrogens is 1.